The molecule has 8 fully saturated rings. The number of likely N-dealkylation sites (tertiary alicyclic amines) is 1. The van der Waals surface area contributed by atoms with Crippen LogP contribution in [0.3, 0.4) is 0 Å². The number of aliphatic hydroxyl groups is 3. The summed E-state index contributed by atoms with van der Waals surface area (Å²) in [6.45, 7) is 20.6. The van der Waals surface area contributed by atoms with Crippen molar-refractivity contribution < 1.29 is 34.3 Å². The molecule has 0 aromatic rings. The normalized spacial score (nSPS) is 51.1. The second-order valence-corrected chi connectivity index (χ2v) is 20.1. The Hall–Kier alpha value is -0.400. The number of ether oxygens (including phenoxy) is 4. The molecule has 8 aliphatic rings. The third-order valence-electron chi connectivity index (χ3n) is 16.9. The van der Waals surface area contributed by atoms with Crippen molar-refractivity contribution in [3.63, 3.8) is 0 Å². The van der Waals surface area contributed by atoms with Gasteiger partial charge in [0.05, 0.1) is 48.8 Å². The van der Waals surface area contributed by atoms with Gasteiger partial charge < -0.3 is 44.9 Å². The second-order valence-electron chi connectivity index (χ2n) is 20.1. The van der Waals surface area contributed by atoms with E-state index in [0.29, 0.717) is 12.3 Å². The Morgan fingerprint density at radius 1 is 1.00 bits per heavy atom. The van der Waals surface area contributed by atoms with E-state index in [1.165, 1.54) is 19.3 Å². The van der Waals surface area contributed by atoms with Crippen LogP contribution in [0.5, 0.6) is 0 Å². The van der Waals surface area contributed by atoms with E-state index >= 15 is 0 Å². The molecule has 3 heterocycles. The molecule has 7 unspecified atom stereocenters. The summed E-state index contributed by atoms with van der Waals surface area (Å²) in [7, 11) is 1.78. The van der Waals surface area contributed by atoms with E-state index in [1.54, 1.807) is 21.0 Å². The van der Waals surface area contributed by atoms with Crippen molar-refractivity contribution in [1.82, 2.24) is 9.80 Å². The van der Waals surface area contributed by atoms with Crippen molar-refractivity contribution >= 4 is 0 Å². The van der Waals surface area contributed by atoms with E-state index in [0.717, 1.165) is 84.1 Å². The molecule has 50 heavy (non-hydrogen) atoms. The van der Waals surface area contributed by atoms with Crippen LogP contribution in [0, 0.1) is 51.2 Å². The fraction of sp³-hybridized carbons (Fsp3) is 1.00. The molecule has 0 aromatic heterocycles. The van der Waals surface area contributed by atoms with E-state index in [4.69, 9.17) is 24.7 Å². The highest BCUT2D eigenvalue weighted by molar-refractivity contribution is 5.35. The molecule has 0 radical (unpaired) electrons. The van der Waals surface area contributed by atoms with Crippen molar-refractivity contribution in [3.05, 3.63) is 0 Å². The first-order valence-corrected chi connectivity index (χ1v) is 20.3. The fourth-order valence-electron chi connectivity index (χ4n) is 14.5. The molecule has 286 valence electrons. The average Bonchev–Trinajstić information content (AvgIpc) is 3.67. The van der Waals surface area contributed by atoms with Gasteiger partial charge in [-0.05, 0) is 116 Å². The van der Waals surface area contributed by atoms with Crippen LogP contribution in [0.4, 0.5) is 0 Å². The molecule has 0 amide bonds. The highest BCUT2D eigenvalue weighted by Gasteiger charge is 2.85. The highest BCUT2D eigenvalue weighted by Crippen LogP contribution is 2.87. The molecule has 5 aliphatic carbocycles. The number of fused-ring (bicyclic) bond motifs is 4. The maximum Gasteiger partial charge on any atom is 0.170 e. The summed E-state index contributed by atoms with van der Waals surface area (Å²) in [6, 6.07) is 0. The summed E-state index contributed by atoms with van der Waals surface area (Å²) < 4.78 is 25.1. The number of aliphatic hydroxyl groups excluding tert-OH is 2. The lowest BCUT2D eigenvalue weighted by molar-refractivity contribution is -0.247. The maximum absolute atomic E-state index is 12.4. The molecule has 3 saturated heterocycles. The predicted octanol–water partition coefficient (Wildman–Crippen LogP) is 3.24. The second kappa shape index (κ2) is 12.3. The predicted molar refractivity (Wildman–Crippen MR) is 190 cm³/mol. The van der Waals surface area contributed by atoms with E-state index in [-0.39, 0.29) is 51.8 Å². The summed E-state index contributed by atoms with van der Waals surface area (Å²) in [4.78, 5) is 5.05. The van der Waals surface area contributed by atoms with E-state index in [1.807, 2.05) is 0 Å². The average molecular weight is 704 g/mol. The number of rotatable bonds is 9. The number of hydrogen-bond acceptors (Lipinski definition) is 10. The molecule has 10 heteroatoms. The quantitative estimate of drug-likeness (QED) is 0.284. The Bertz CT molecular complexity index is 1270. The van der Waals surface area contributed by atoms with Gasteiger partial charge in [0.1, 0.15) is 6.10 Å². The summed E-state index contributed by atoms with van der Waals surface area (Å²) in [5, 5.41) is 34.0. The molecule has 0 bridgehead atoms. The lowest BCUT2D eigenvalue weighted by atomic mass is 9.43. The first kappa shape index (κ1) is 36.6. The Morgan fingerprint density at radius 3 is 2.44 bits per heavy atom. The smallest absolute Gasteiger partial charge is 0.170 e. The zero-order valence-corrected chi connectivity index (χ0v) is 32.1. The first-order chi connectivity index (χ1) is 23.5. The van der Waals surface area contributed by atoms with Gasteiger partial charge in [0.2, 0.25) is 0 Å². The zero-order valence-electron chi connectivity index (χ0n) is 32.1. The van der Waals surface area contributed by atoms with Crippen molar-refractivity contribution in [3.8, 4) is 0 Å². The summed E-state index contributed by atoms with van der Waals surface area (Å²) in [5.41, 5.74) is 5.95. The van der Waals surface area contributed by atoms with Gasteiger partial charge >= 0.3 is 0 Å². The van der Waals surface area contributed by atoms with Crippen LogP contribution < -0.4 is 5.73 Å². The van der Waals surface area contributed by atoms with Gasteiger partial charge in [0, 0.05) is 46.4 Å². The van der Waals surface area contributed by atoms with Crippen LogP contribution in [0.1, 0.15) is 92.9 Å². The molecule has 3 aliphatic heterocycles. The molecular weight excluding hydrogens is 634 g/mol. The molecule has 14 atom stereocenters. The van der Waals surface area contributed by atoms with E-state index in [9.17, 15) is 15.3 Å². The van der Waals surface area contributed by atoms with Gasteiger partial charge in [-0.3, -0.25) is 4.90 Å². The van der Waals surface area contributed by atoms with Gasteiger partial charge in [0.25, 0.3) is 0 Å². The van der Waals surface area contributed by atoms with Crippen LogP contribution in [-0.2, 0) is 18.9 Å². The van der Waals surface area contributed by atoms with Crippen molar-refractivity contribution in [2.75, 3.05) is 59.6 Å². The lowest BCUT2D eigenvalue weighted by Crippen LogP contribution is -2.70. The number of hydrogen-bond donors (Lipinski definition) is 4. The van der Waals surface area contributed by atoms with Crippen molar-refractivity contribution in [2.45, 2.75) is 141 Å². The topological polar surface area (TPSA) is 130 Å². The molecule has 0 aromatic carbocycles. The van der Waals surface area contributed by atoms with Crippen LogP contribution in [0.2, 0.25) is 0 Å². The zero-order chi connectivity index (χ0) is 35.6. The molecular formula is C40H69N3O7. The molecule has 8 rings (SSSR count). The summed E-state index contributed by atoms with van der Waals surface area (Å²) in [6.07, 6.45) is 5.68. The standard InChI is InChI=1S/C40H69N3O7/c1-24-18-26(33(44)36(4,5)46)49-32-31(24)37(6)12-13-39-23-38(39)11-10-29(35(2,3)27(38)8-9-28(39)40(37,41)34(32)45)50-30-22-43(15-17-48-30)21-25-19-42(20-25)14-16-47-7/h24-34,44-46H,8-23,41H2,1-7H3/t24-,26+,27+,28?,29?,30+,31+,32?,33?,34+,37?,38?,39?,40+/m1/s1. The van der Waals surface area contributed by atoms with Gasteiger partial charge in [-0.25, -0.2) is 0 Å². The molecule has 2 spiro atoms. The van der Waals surface area contributed by atoms with Gasteiger partial charge in [-0.1, -0.05) is 27.7 Å². The Balaban J connectivity index is 0.951. The first-order valence-electron chi connectivity index (χ1n) is 20.3. The molecule has 5 N–H and O–H groups in total. The minimum absolute atomic E-state index is 0.0249. The van der Waals surface area contributed by atoms with Gasteiger partial charge in [0.15, 0.2) is 6.29 Å². The van der Waals surface area contributed by atoms with E-state index in [2.05, 4.69) is 37.5 Å². The highest BCUT2D eigenvalue weighted by atomic mass is 16.7. The lowest BCUT2D eigenvalue weighted by Gasteiger charge is -2.63. The number of methoxy groups -OCH3 is 1. The number of nitrogens with zero attached hydrogens (tertiary/aromatic N) is 2. The Labute approximate surface area is 301 Å². The van der Waals surface area contributed by atoms with E-state index < -0.39 is 35.6 Å². The van der Waals surface area contributed by atoms with Gasteiger partial charge in [-0.15, -0.1) is 0 Å². The fourth-order valence-corrected chi connectivity index (χ4v) is 14.5. The largest absolute Gasteiger partial charge is 0.388 e. The van der Waals surface area contributed by atoms with Crippen LogP contribution in [0.15, 0.2) is 0 Å². The Kier molecular flexibility index (Phi) is 9.00. The maximum atomic E-state index is 12.4. The Morgan fingerprint density at radius 2 is 1.72 bits per heavy atom. The van der Waals surface area contributed by atoms with Crippen LogP contribution >= 0.6 is 0 Å². The van der Waals surface area contributed by atoms with Crippen LogP contribution in [-0.4, -0.2) is 133 Å². The minimum atomic E-state index is -1.28. The molecule has 5 saturated carbocycles. The molecule has 10 nitrogen and oxygen atoms in total. The summed E-state index contributed by atoms with van der Waals surface area (Å²) >= 11 is 0. The van der Waals surface area contributed by atoms with Crippen molar-refractivity contribution in [2.24, 2.45) is 57.0 Å². The van der Waals surface area contributed by atoms with Crippen molar-refractivity contribution in [1.29, 1.82) is 0 Å². The minimum Gasteiger partial charge on any atom is -0.388 e. The number of nitrogens with two attached hydrogens (primary N) is 1. The summed E-state index contributed by atoms with van der Waals surface area (Å²) in [5.74, 6) is 1.89. The van der Waals surface area contributed by atoms with Gasteiger partial charge in [-0.2, -0.15) is 0 Å². The third-order valence-corrected chi connectivity index (χ3v) is 16.9. The third kappa shape index (κ3) is 5.16. The van der Waals surface area contributed by atoms with Crippen LogP contribution in [0.25, 0.3) is 0 Å². The number of morpholine rings is 1. The monoisotopic (exact) mass is 704 g/mol. The SMILES string of the molecule is COCCN1CC(CN2CCO[C@@H](OC3CCC45CC46CCC4(C)[C@@H]7C(O[C@H](C(O)C(C)(C)O)C[C@H]7C)[C@H](O)[C@@]4(N)C6CC[C@H]5C3(C)C)C2)C1.